The minimum atomic E-state index is 0.00946. The number of hydrogen-bond acceptors (Lipinski definition) is 4. The molecule has 1 atom stereocenters. The van der Waals surface area contributed by atoms with E-state index in [2.05, 4.69) is 36.1 Å². The molecular formula is C22H28N2O3. The number of nitrogens with zero attached hydrogens (tertiary/aromatic N) is 2. The van der Waals surface area contributed by atoms with Crippen LogP contribution >= 0.6 is 0 Å². The number of carbonyl (C=O) groups excluding carboxylic acids is 1. The largest absolute Gasteiger partial charge is 0.467 e. The van der Waals surface area contributed by atoms with Crippen LogP contribution in [0, 0.1) is 0 Å². The molecule has 0 aliphatic carbocycles. The highest BCUT2D eigenvalue weighted by Gasteiger charge is 2.35. The number of rotatable bonds is 4. The summed E-state index contributed by atoms with van der Waals surface area (Å²) in [4.78, 5) is 17.3. The first-order valence-electron chi connectivity index (χ1n) is 9.86. The van der Waals surface area contributed by atoms with E-state index in [-0.39, 0.29) is 11.3 Å². The summed E-state index contributed by atoms with van der Waals surface area (Å²) >= 11 is 0. The van der Waals surface area contributed by atoms with Crippen LogP contribution in [0.2, 0.25) is 0 Å². The van der Waals surface area contributed by atoms with Gasteiger partial charge in [0.1, 0.15) is 12.0 Å². The molecule has 2 aliphatic heterocycles. The third-order valence-corrected chi connectivity index (χ3v) is 5.84. The van der Waals surface area contributed by atoms with Crippen LogP contribution < -0.4 is 0 Å². The Morgan fingerprint density at radius 1 is 1.15 bits per heavy atom. The standard InChI is InChI=1S/C22H28N2O3/c1-22(19-6-3-2-4-7-19)8-5-9-24(17-22)21(25)18-14-20(27-16-18)15-23-10-12-26-13-11-23/h2-4,6-7,14,16H,5,8-13,15,17H2,1H3/t22-/m0/s1. The Bertz CT molecular complexity index is 767. The van der Waals surface area contributed by atoms with E-state index in [1.165, 1.54) is 5.56 Å². The highest BCUT2D eigenvalue weighted by molar-refractivity contribution is 5.94. The first-order valence-corrected chi connectivity index (χ1v) is 9.86. The number of piperidine rings is 1. The molecule has 0 N–H and O–H groups in total. The molecule has 2 aromatic rings. The van der Waals surface area contributed by atoms with E-state index in [1.807, 2.05) is 17.0 Å². The highest BCUT2D eigenvalue weighted by Crippen LogP contribution is 2.34. The second-order valence-corrected chi connectivity index (χ2v) is 7.95. The van der Waals surface area contributed by atoms with Gasteiger partial charge in [-0.1, -0.05) is 37.3 Å². The third-order valence-electron chi connectivity index (χ3n) is 5.84. The number of amides is 1. The summed E-state index contributed by atoms with van der Waals surface area (Å²) in [7, 11) is 0. The second-order valence-electron chi connectivity index (χ2n) is 7.95. The van der Waals surface area contributed by atoms with E-state index in [0.717, 1.165) is 64.5 Å². The maximum atomic E-state index is 13.1. The zero-order chi connectivity index (χ0) is 18.7. The maximum absolute atomic E-state index is 13.1. The van der Waals surface area contributed by atoms with E-state index in [4.69, 9.17) is 9.15 Å². The van der Waals surface area contributed by atoms with Crippen molar-refractivity contribution in [2.45, 2.75) is 31.7 Å². The average Bonchev–Trinajstić information content (AvgIpc) is 3.17. The topological polar surface area (TPSA) is 45.9 Å². The van der Waals surface area contributed by atoms with E-state index in [0.29, 0.717) is 5.56 Å². The van der Waals surface area contributed by atoms with Gasteiger partial charge in [-0.3, -0.25) is 9.69 Å². The SMILES string of the molecule is C[C@]1(c2ccccc2)CCCN(C(=O)c2coc(CN3CCOCC3)c2)C1. The van der Waals surface area contributed by atoms with Gasteiger partial charge in [0, 0.05) is 31.6 Å². The van der Waals surface area contributed by atoms with Gasteiger partial charge in [0.15, 0.2) is 0 Å². The molecule has 0 bridgehead atoms. The van der Waals surface area contributed by atoms with Gasteiger partial charge in [-0.25, -0.2) is 0 Å². The quantitative estimate of drug-likeness (QED) is 0.831. The van der Waals surface area contributed by atoms with Gasteiger partial charge >= 0.3 is 0 Å². The number of ether oxygens (including phenoxy) is 1. The molecule has 2 fully saturated rings. The fraction of sp³-hybridized carbons (Fsp3) is 0.500. The summed E-state index contributed by atoms with van der Waals surface area (Å²) in [5.74, 6) is 0.928. The van der Waals surface area contributed by atoms with Crippen LogP contribution in [0.25, 0.3) is 0 Å². The molecule has 2 saturated heterocycles. The van der Waals surface area contributed by atoms with Crippen LogP contribution in [0.3, 0.4) is 0 Å². The third kappa shape index (κ3) is 4.09. The van der Waals surface area contributed by atoms with Crippen LogP contribution in [0.15, 0.2) is 47.1 Å². The Morgan fingerprint density at radius 2 is 1.93 bits per heavy atom. The number of hydrogen-bond donors (Lipinski definition) is 0. The van der Waals surface area contributed by atoms with Gasteiger partial charge in [0.05, 0.1) is 25.3 Å². The van der Waals surface area contributed by atoms with Crippen LogP contribution in [-0.4, -0.2) is 55.1 Å². The van der Waals surface area contributed by atoms with Crippen molar-refractivity contribution in [1.82, 2.24) is 9.80 Å². The molecule has 2 aliphatic rings. The molecule has 1 amide bonds. The van der Waals surface area contributed by atoms with Crippen molar-refractivity contribution < 1.29 is 13.9 Å². The Kier molecular flexibility index (Phi) is 5.32. The van der Waals surface area contributed by atoms with Gasteiger partial charge in [0.25, 0.3) is 5.91 Å². The number of furan rings is 1. The minimum Gasteiger partial charge on any atom is -0.467 e. The number of carbonyl (C=O) groups is 1. The van der Waals surface area contributed by atoms with Crippen molar-refractivity contribution in [3.05, 3.63) is 59.5 Å². The molecule has 0 radical (unpaired) electrons. The molecule has 1 aromatic carbocycles. The Hall–Kier alpha value is -2.11. The zero-order valence-electron chi connectivity index (χ0n) is 16.0. The van der Waals surface area contributed by atoms with Crippen molar-refractivity contribution >= 4 is 5.91 Å². The van der Waals surface area contributed by atoms with Crippen molar-refractivity contribution in [1.29, 1.82) is 0 Å². The lowest BCUT2D eigenvalue weighted by Gasteiger charge is -2.40. The normalized spacial score (nSPS) is 24.1. The Labute approximate surface area is 160 Å². The number of likely N-dealkylation sites (tertiary alicyclic amines) is 1. The minimum absolute atomic E-state index is 0.00946. The molecule has 4 rings (SSSR count). The monoisotopic (exact) mass is 368 g/mol. The summed E-state index contributed by atoms with van der Waals surface area (Å²) in [6, 6.07) is 12.5. The fourth-order valence-corrected chi connectivity index (χ4v) is 4.23. The lowest BCUT2D eigenvalue weighted by Crippen LogP contribution is -2.47. The smallest absolute Gasteiger partial charge is 0.257 e. The van der Waals surface area contributed by atoms with E-state index < -0.39 is 0 Å². The van der Waals surface area contributed by atoms with Crippen LogP contribution in [0.4, 0.5) is 0 Å². The molecule has 0 spiro atoms. The van der Waals surface area contributed by atoms with Gasteiger partial charge in [-0.15, -0.1) is 0 Å². The maximum Gasteiger partial charge on any atom is 0.257 e. The predicted octanol–water partition coefficient (Wildman–Crippen LogP) is 3.31. The summed E-state index contributed by atoms with van der Waals surface area (Å²) in [5, 5.41) is 0. The van der Waals surface area contributed by atoms with Gasteiger partial charge in [0.2, 0.25) is 0 Å². The average molecular weight is 368 g/mol. The lowest BCUT2D eigenvalue weighted by atomic mass is 9.76. The summed E-state index contributed by atoms with van der Waals surface area (Å²) in [5.41, 5.74) is 1.98. The number of morpholine rings is 1. The molecule has 1 aromatic heterocycles. The van der Waals surface area contributed by atoms with E-state index in [9.17, 15) is 4.79 Å². The molecule has 5 heteroatoms. The van der Waals surface area contributed by atoms with Crippen molar-refractivity contribution in [3.8, 4) is 0 Å². The van der Waals surface area contributed by atoms with Crippen molar-refractivity contribution in [2.24, 2.45) is 0 Å². The fourth-order valence-electron chi connectivity index (χ4n) is 4.23. The van der Waals surface area contributed by atoms with Gasteiger partial charge in [-0.2, -0.15) is 0 Å². The van der Waals surface area contributed by atoms with E-state index >= 15 is 0 Å². The number of benzene rings is 1. The first-order chi connectivity index (χ1) is 13.1. The summed E-state index contributed by atoms with van der Waals surface area (Å²) < 4.78 is 11.1. The Morgan fingerprint density at radius 3 is 2.70 bits per heavy atom. The van der Waals surface area contributed by atoms with Gasteiger partial charge in [-0.05, 0) is 24.5 Å². The molecule has 144 valence electrons. The highest BCUT2D eigenvalue weighted by atomic mass is 16.5. The molecule has 0 saturated carbocycles. The molecule has 3 heterocycles. The summed E-state index contributed by atoms with van der Waals surface area (Å²) in [6.07, 6.45) is 3.75. The van der Waals surface area contributed by atoms with E-state index in [1.54, 1.807) is 6.26 Å². The Balaban J connectivity index is 1.43. The van der Waals surface area contributed by atoms with Gasteiger partial charge < -0.3 is 14.1 Å². The van der Waals surface area contributed by atoms with Crippen molar-refractivity contribution in [3.63, 3.8) is 0 Å². The molecule has 5 nitrogen and oxygen atoms in total. The second kappa shape index (κ2) is 7.87. The van der Waals surface area contributed by atoms with Crippen molar-refractivity contribution in [2.75, 3.05) is 39.4 Å². The molecule has 27 heavy (non-hydrogen) atoms. The molecule has 0 unspecified atom stereocenters. The van der Waals surface area contributed by atoms with Crippen LogP contribution in [0.5, 0.6) is 0 Å². The first kappa shape index (κ1) is 18.3. The van der Waals surface area contributed by atoms with Crippen LogP contribution in [-0.2, 0) is 16.7 Å². The zero-order valence-corrected chi connectivity index (χ0v) is 16.0. The predicted molar refractivity (Wildman–Crippen MR) is 104 cm³/mol. The molecular weight excluding hydrogens is 340 g/mol. The summed E-state index contributed by atoms with van der Waals surface area (Å²) in [6.45, 7) is 7.90. The van der Waals surface area contributed by atoms with Crippen LogP contribution in [0.1, 0.15) is 41.4 Å². The lowest BCUT2D eigenvalue weighted by molar-refractivity contribution is 0.0313.